The Morgan fingerprint density at radius 3 is 3.19 bits per heavy atom. The van der Waals surface area contributed by atoms with Gasteiger partial charge in [0.1, 0.15) is 5.01 Å². The minimum atomic E-state index is 0.204. The molecule has 4 nitrogen and oxygen atoms in total. The zero-order valence-electron chi connectivity index (χ0n) is 12.0. The van der Waals surface area contributed by atoms with Gasteiger partial charge in [-0.25, -0.2) is 4.98 Å². The highest BCUT2D eigenvalue weighted by molar-refractivity contribution is 7.20. The molecule has 3 heterocycles. The van der Waals surface area contributed by atoms with Crippen molar-refractivity contribution in [3.8, 4) is 9.88 Å². The fraction of sp³-hybridized carbons (Fsp3) is 0.467. The molecular formula is C15H19N3OS2. The molecule has 0 aliphatic carbocycles. The summed E-state index contributed by atoms with van der Waals surface area (Å²) in [5, 5.41) is 8.25. The first kappa shape index (κ1) is 14.7. The molecule has 1 aliphatic rings. The third kappa shape index (κ3) is 3.33. The van der Waals surface area contributed by atoms with Gasteiger partial charge in [-0.05, 0) is 31.3 Å². The molecule has 0 saturated carbocycles. The number of nitrogens with zero attached hydrogens (tertiary/aromatic N) is 2. The maximum absolute atomic E-state index is 12.5. The standard InChI is InChI=1S/C15H19N3OS2/c1-16-9-12-4-2-6-18(12)14(19)8-11-10-21-15(17-11)13-5-3-7-20-13/h3,5,7,10,12,16H,2,4,6,8-9H2,1H3. The Hall–Kier alpha value is -1.24. The molecule has 1 atom stereocenters. The van der Waals surface area contributed by atoms with Gasteiger partial charge in [0, 0.05) is 24.5 Å². The highest BCUT2D eigenvalue weighted by Crippen LogP contribution is 2.28. The minimum Gasteiger partial charge on any atom is -0.338 e. The van der Waals surface area contributed by atoms with Crippen LogP contribution in [0.3, 0.4) is 0 Å². The van der Waals surface area contributed by atoms with Crippen LogP contribution in [-0.2, 0) is 11.2 Å². The van der Waals surface area contributed by atoms with Gasteiger partial charge in [-0.2, -0.15) is 0 Å². The number of carbonyl (C=O) groups is 1. The molecule has 0 aromatic carbocycles. The number of nitrogens with one attached hydrogen (secondary N) is 1. The second-order valence-electron chi connectivity index (χ2n) is 5.24. The lowest BCUT2D eigenvalue weighted by atomic mass is 10.2. The van der Waals surface area contributed by atoms with Gasteiger partial charge in [0.25, 0.3) is 0 Å². The van der Waals surface area contributed by atoms with Gasteiger partial charge in [0.15, 0.2) is 0 Å². The first-order valence-electron chi connectivity index (χ1n) is 7.20. The average Bonchev–Trinajstić information content (AvgIpc) is 3.20. The monoisotopic (exact) mass is 321 g/mol. The summed E-state index contributed by atoms with van der Waals surface area (Å²) in [7, 11) is 1.94. The first-order chi connectivity index (χ1) is 10.3. The second-order valence-corrected chi connectivity index (χ2v) is 7.04. The summed E-state index contributed by atoms with van der Waals surface area (Å²) in [4.78, 5) is 20.3. The van der Waals surface area contributed by atoms with Crippen molar-refractivity contribution in [2.24, 2.45) is 0 Å². The fourth-order valence-electron chi connectivity index (χ4n) is 2.77. The quantitative estimate of drug-likeness (QED) is 0.921. The first-order valence-corrected chi connectivity index (χ1v) is 8.96. The van der Waals surface area contributed by atoms with Crippen LogP contribution in [0.5, 0.6) is 0 Å². The summed E-state index contributed by atoms with van der Waals surface area (Å²) < 4.78 is 0. The molecule has 112 valence electrons. The molecule has 1 N–H and O–H groups in total. The van der Waals surface area contributed by atoms with Crippen molar-refractivity contribution < 1.29 is 4.79 Å². The van der Waals surface area contributed by atoms with Gasteiger partial charge in [-0.3, -0.25) is 4.79 Å². The topological polar surface area (TPSA) is 45.2 Å². The Labute approximate surface area is 132 Å². The lowest BCUT2D eigenvalue weighted by molar-refractivity contribution is -0.131. The number of likely N-dealkylation sites (tertiary alicyclic amines) is 1. The fourth-order valence-corrected chi connectivity index (χ4v) is 4.40. The van der Waals surface area contributed by atoms with E-state index in [-0.39, 0.29) is 5.91 Å². The van der Waals surface area contributed by atoms with Gasteiger partial charge >= 0.3 is 0 Å². The third-order valence-corrected chi connectivity index (χ3v) is 5.68. The maximum atomic E-state index is 12.5. The Balaban J connectivity index is 1.65. The van der Waals surface area contributed by atoms with Crippen molar-refractivity contribution >= 4 is 28.6 Å². The van der Waals surface area contributed by atoms with Crippen LogP contribution in [0.1, 0.15) is 18.5 Å². The van der Waals surface area contributed by atoms with Gasteiger partial charge < -0.3 is 10.2 Å². The maximum Gasteiger partial charge on any atom is 0.228 e. The van der Waals surface area contributed by atoms with Crippen LogP contribution < -0.4 is 5.32 Å². The Kier molecular flexibility index (Phi) is 4.67. The van der Waals surface area contributed by atoms with Crippen LogP contribution in [0.15, 0.2) is 22.9 Å². The minimum absolute atomic E-state index is 0.204. The largest absolute Gasteiger partial charge is 0.338 e. The smallest absolute Gasteiger partial charge is 0.228 e. The number of carbonyl (C=O) groups excluding carboxylic acids is 1. The van der Waals surface area contributed by atoms with E-state index in [1.807, 2.05) is 28.8 Å². The van der Waals surface area contributed by atoms with E-state index in [4.69, 9.17) is 0 Å². The molecule has 2 aromatic rings. The number of thiazole rings is 1. The molecule has 1 unspecified atom stereocenters. The van der Waals surface area contributed by atoms with Crippen molar-refractivity contribution in [2.75, 3.05) is 20.1 Å². The van der Waals surface area contributed by atoms with E-state index in [9.17, 15) is 4.79 Å². The van der Waals surface area contributed by atoms with Gasteiger partial charge in [0.05, 0.1) is 17.0 Å². The van der Waals surface area contributed by atoms with Crippen LogP contribution in [0.4, 0.5) is 0 Å². The number of aromatic nitrogens is 1. The Bertz CT molecular complexity index is 594. The van der Waals surface area contributed by atoms with Gasteiger partial charge in [-0.15, -0.1) is 22.7 Å². The molecule has 6 heteroatoms. The Morgan fingerprint density at radius 2 is 2.43 bits per heavy atom. The van der Waals surface area contributed by atoms with E-state index in [1.54, 1.807) is 22.7 Å². The van der Waals surface area contributed by atoms with E-state index in [0.717, 1.165) is 36.6 Å². The van der Waals surface area contributed by atoms with Gasteiger partial charge in [0.2, 0.25) is 5.91 Å². The highest BCUT2D eigenvalue weighted by Gasteiger charge is 2.28. The van der Waals surface area contributed by atoms with Crippen LogP contribution in [0.2, 0.25) is 0 Å². The number of thiophene rings is 1. The number of hydrogen-bond acceptors (Lipinski definition) is 5. The molecule has 0 radical (unpaired) electrons. The normalized spacial score (nSPS) is 18.3. The van der Waals surface area contributed by atoms with Crippen molar-refractivity contribution in [1.29, 1.82) is 0 Å². The van der Waals surface area contributed by atoms with Crippen molar-refractivity contribution in [3.05, 3.63) is 28.6 Å². The summed E-state index contributed by atoms with van der Waals surface area (Å²) in [6.07, 6.45) is 2.63. The Morgan fingerprint density at radius 1 is 1.52 bits per heavy atom. The summed E-state index contributed by atoms with van der Waals surface area (Å²) >= 11 is 3.30. The van der Waals surface area contributed by atoms with Crippen LogP contribution in [0, 0.1) is 0 Å². The average molecular weight is 321 g/mol. The number of hydrogen-bond donors (Lipinski definition) is 1. The summed E-state index contributed by atoms with van der Waals surface area (Å²) in [5.41, 5.74) is 0.892. The molecule has 0 bridgehead atoms. The van der Waals surface area contributed by atoms with Crippen LogP contribution in [0.25, 0.3) is 9.88 Å². The second kappa shape index (κ2) is 6.68. The molecule has 21 heavy (non-hydrogen) atoms. The van der Waals surface area contributed by atoms with E-state index in [0.29, 0.717) is 12.5 Å². The number of rotatable bonds is 5. The van der Waals surface area contributed by atoms with Crippen molar-refractivity contribution in [1.82, 2.24) is 15.2 Å². The molecule has 3 rings (SSSR count). The predicted octanol–water partition coefficient (Wildman–Crippen LogP) is 2.62. The number of likely N-dealkylation sites (N-methyl/N-ethyl adjacent to an activating group) is 1. The lowest BCUT2D eigenvalue weighted by Crippen LogP contribution is -2.41. The molecule has 1 fully saturated rings. The van der Waals surface area contributed by atoms with Crippen LogP contribution in [-0.4, -0.2) is 42.0 Å². The van der Waals surface area contributed by atoms with Gasteiger partial charge in [-0.1, -0.05) is 6.07 Å². The van der Waals surface area contributed by atoms with E-state index >= 15 is 0 Å². The predicted molar refractivity (Wildman–Crippen MR) is 87.8 cm³/mol. The summed E-state index contributed by atoms with van der Waals surface area (Å²) in [6.45, 7) is 1.76. The molecular weight excluding hydrogens is 302 g/mol. The summed E-state index contributed by atoms with van der Waals surface area (Å²) in [6, 6.07) is 4.44. The molecule has 2 aromatic heterocycles. The molecule has 1 aliphatic heterocycles. The van der Waals surface area contributed by atoms with Crippen LogP contribution >= 0.6 is 22.7 Å². The lowest BCUT2D eigenvalue weighted by Gasteiger charge is -2.24. The highest BCUT2D eigenvalue weighted by atomic mass is 32.1. The third-order valence-electron chi connectivity index (χ3n) is 3.75. The van der Waals surface area contributed by atoms with Crippen molar-refractivity contribution in [3.63, 3.8) is 0 Å². The zero-order valence-corrected chi connectivity index (χ0v) is 13.7. The SMILES string of the molecule is CNCC1CCCN1C(=O)Cc1csc(-c2cccs2)n1. The molecule has 0 spiro atoms. The molecule has 1 saturated heterocycles. The van der Waals surface area contributed by atoms with Crippen molar-refractivity contribution in [2.45, 2.75) is 25.3 Å². The number of amides is 1. The summed E-state index contributed by atoms with van der Waals surface area (Å²) in [5.74, 6) is 0.204. The van der Waals surface area contributed by atoms with E-state index in [1.165, 1.54) is 4.88 Å². The van der Waals surface area contributed by atoms with E-state index in [2.05, 4.69) is 16.4 Å². The van der Waals surface area contributed by atoms with E-state index < -0.39 is 0 Å². The molecule has 1 amide bonds. The zero-order chi connectivity index (χ0) is 14.7.